The number of H-pyrrole nitrogens is 1. The maximum absolute atomic E-state index is 12.5. The number of fused-ring (bicyclic) bond motifs is 1. The number of nitrogens with zero attached hydrogens (tertiary/aromatic N) is 2. The molecule has 5 nitrogen and oxygen atoms in total. The third kappa shape index (κ3) is 3.50. The van der Waals surface area contributed by atoms with Crippen LogP contribution in [0.25, 0.3) is 11.0 Å². The number of para-hydroxylation sites is 3. The maximum atomic E-state index is 12.5. The zero-order valence-corrected chi connectivity index (χ0v) is 14.0. The quantitative estimate of drug-likeness (QED) is 0.795. The summed E-state index contributed by atoms with van der Waals surface area (Å²) >= 11 is 0. The summed E-state index contributed by atoms with van der Waals surface area (Å²) in [7, 11) is 0. The van der Waals surface area contributed by atoms with Gasteiger partial charge in [-0.05, 0) is 37.1 Å². The molecule has 2 heterocycles. The first-order valence-corrected chi connectivity index (χ1v) is 8.70. The van der Waals surface area contributed by atoms with E-state index >= 15 is 0 Å². The first-order chi connectivity index (χ1) is 12.3. The maximum Gasteiger partial charge on any atom is 0.260 e. The van der Waals surface area contributed by atoms with Crippen LogP contribution < -0.4 is 4.74 Å². The lowest BCUT2D eigenvalue weighted by molar-refractivity contribution is -0.134. The van der Waals surface area contributed by atoms with Crippen LogP contribution in [0.1, 0.15) is 24.6 Å². The Bertz CT molecular complexity index is 827. The van der Waals surface area contributed by atoms with Crippen molar-refractivity contribution in [3.8, 4) is 5.75 Å². The molecule has 2 aromatic carbocycles. The Balaban J connectivity index is 1.41. The van der Waals surface area contributed by atoms with Crippen LogP contribution in [0.15, 0.2) is 54.6 Å². The molecule has 25 heavy (non-hydrogen) atoms. The molecular weight excluding hydrogens is 314 g/mol. The number of likely N-dealkylation sites (tertiary alicyclic amines) is 1. The van der Waals surface area contributed by atoms with Crippen LogP contribution in [-0.4, -0.2) is 40.5 Å². The third-order valence-electron chi connectivity index (χ3n) is 4.67. The zero-order chi connectivity index (χ0) is 17.1. The Labute approximate surface area is 146 Å². The lowest BCUT2D eigenvalue weighted by Crippen LogP contribution is -2.41. The van der Waals surface area contributed by atoms with Crippen molar-refractivity contribution in [3.05, 3.63) is 60.4 Å². The van der Waals surface area contributed by atoms with Gasteiger partial charge in [-0.3, -0.25) is 4.79 Å². The fraction of sp³-hybridized carbons (Fsp3) is 0.300. The first kappa shape index (κ1) is 15.7. The van der Waals surface area contributed by atoms with Gasteiger partial charge in [-0.1, -0.05) is 30.3 Å². The average Bonchev–Trinajstić information content (AvgIpc) is 3.11. The Morgan fingerprint density at radius 2 is 1.96 bits per heavy atom. The van der Waals surface area contributed by atoms with Crippen LogP contribution in [0.3, 0.4) is 0 Å². The van der Waals surface area contributed by atoms with E-state index in [1.807, 2.05) is 59.5 Å². The summed E-state index contributed by atoms with van der Waals surface area (Å²) in [6, 6.07) is 17.5. The molecule has 1 amide bonds. The predicted octanol–water partition coefficient (Wildman–Crippen LogP) is 3.35. The highest BCUT2D eigenvalue weighted by atomic mass is 16.5. The second-order valence-electron chi connectivity index (χ2n) is 6.42. The molecule has 1 N–H and O–H groups in total. The van der Waals surface area contributed by atoms with Crippen molar-refractivity contribution >= 4 is 16.9 Å². The molecule has 1 saturated heterocycles. The molecule has 1 aliphatic rings. The van der Waals surface area contributed by atoms with E-state index in [0.29, 0.717) is 6.54 Å². The van der Waals surface area contributed by atoms with Crippen molar-refractivity contribution in [1.82, 2.24) is 14.9 Å². The largest absolute Gasteiger partial charge is 0.484 e. The minimum Gasteiger partial charge on any atom is -0.484 e. The lowest BCUT2D eigenvalue weighted by atomic mass is 9.97. The molecule has 1 aliphatic heterocycles. The summed E-state index contributed by atoms with van der Waals surface area (Å²) in [6.07, 6.45) is 2.03. The summed E-state index contributed by atoms with van der Waals surface area (Å²) in [5.74, 6) is 1.98. The number of hydrogen-bond donors (Lipinski definition) is 1. The minimum atomic E-state index is 0.0321. The fourth-order valence-electron chi connectivity index (χ4n) is 3.35. The number of aromatic amines is 1. The number of carbonyl (C=O) groups is 1. The van der Waals surface area contributed by atoms with E-state index in [1.54, 1.807) is 0 Å². The van der Waals surface area contributed by atoms with Gasteiger partial charge >= 0.3 is 0 Å². The van der Waals surface area contributed by atoms with E-state index in [0.717, 1.165) is 42.0 Å². The van der Waals surface area contributed by atoms with Crippen molar-refractivity contribution < 1.29 is 9.53 Å². The van der Waals surface area contributed by atoms with Gasteiger partial charge in [0.1, 0.15) is 11.6 Å². The number of carbonyl (C=O) groups excluding carboxylic acids is 1. The topological polar surface area (TPSA) is 58.2 Å². The standard InChI is InChI=1S/C20H21N3O2/c24-19(14-25-16-8-2-1-3-9-16)23-12-6-7-15(13-23)20-21-17-10-4-5-11-18(17)22-20/h1-5,8-11,15H,6-7,12-14H2,(H,21,22). The number of nitrogens with one attached hydrogen (secondary N) is 1. The number of hydrogen-bond acceptors (Lipinski definition) is 3. The normalized spacial score (nSPS) is 17.6. The van der Waals surface area contributed by atoms with Gasteiger partial charge in [-0.25, -0.2) is 4.98 Å². The van der Waals surface area contributed by atoms with Gasteiger partial charge < -0.3 is 14.6 Å². The Morgan fingerprint density at radius 3 is 2.80 bits per heavy atom. The van der Waals surface area contributed by atoms with Gasteiger partial charge in [-0.15, -0.1) is 0 Å². The molecule has 3 aromatic rings. The summed E-state index contributed by atoms with van der Waals surface area (Å²) in [4.78, 5) is 22.5. The SMILES string of the molecule is O=C(COc1ccccc1)N1CCCC(c2nc3ccccc3[nH]2)C1. The van der Waals surface area contributed by atoms with Gasteiger partial charge in [-0.2, -0.15) is 0 Å². The van der Waals surface area contributed by atoms with Gasteiger partial charge in [0.15, 0.2) is 6.61 Å². The monoisotopic (exact) mass is 335 g/mol. The molecule has 0 bridgehead atoms. The highest BCUT2D eigenvalue weighted by Gasteiger charge is 2.26. The summed E-state index contributed by atoms with van der Waals surface area (Å²) < 4.78 is 5.60. The summed E-state index contributed by atoms with van der Waals surface area (Å²) in [5, 5.41) is 0. The number of amides is 1. The molecule has 0 spiro atoms. The number of ether oxygens (including phenoxy) is 1. The zero-order valence-electron chi connectivity index (χ0n) is 14.0. The van der Waals surface area contributed by atoms with Crippen LogP contribution in [0, 0.1) is 0 Å². The molecule has 0 saturated carbocycles. The molecule has 1 fully saturated rings. The molecule has 128 valence electrons. The number of piperidine rings is 1. The Morgan fingerprint density at radius 1 is 1.16 bits per heavy atom. The lowest BCUT2D eigenvalue weighted by Gasteiger charge is -2.31. The van der Waals surface area contributed by atoms with Gasteiger partial charge in [0.05, 0.1) is 11.0 Å². The van der Waals surface area contributed by atoms with E-state index in [1.165, 1.54) is 0 Å². The molecule has 1 atom stereocenters. The highest BCUT2D eigenvalue weighted by Crippen LogP contribution is 2.26. The van der Waals surface area contributed by atoms with E-state index in [2.05, 4.69) is 4.98 Å². The Kier molecular flexibility index (Phi) is 4.37. The minimum absolute atomic E-state index is 0.0321. The number of aromatic nitrogens is 2. The molecular formula is C20H21N3O2. The molecule has 1 aromatic heterocycles. The second kappa shape index (κ2) is 6.97. The predicted molar refractivity (Wildman–Crippen MR) is 96.6 cm³/mol. The molecule has 0 aliphatic carbocycles. The number of rotatable bonds is 4. The Hall–Kier alpha value is -2.82. The van der Waals surface area contributed by atoms with Crippen molar-refractivity contribution in [2.24, 2.45) is 0 Å². The number of benzene rings is 2. The van der Waals surface area contributed by atoms with Crippen LogP contribution in [0.4, 0.5) is 0 Å². The molecule has 1 unspecified atom stereocenters. The summed E-state index contributed by atoms with van der Waals surface area (Å²) in [6.45, 7) is 1.56. The van der Waals surface area contributed by atoms with E-state index in [9.17, 15) is 4.79 Å². The summed E-state index contributed by atoms with van der Waals surface area (Å²) in [5.41, 5.74) is 2.03. The molecule has 4 rings (SSSR count). The first-order valence-electron chi connectivity index (χ1n) is 8.70. The second-order valence-corrected chi connectivity index (χ2v) is 6.42. The fourth-order valence-corrected chi connectivity index (χ4v) is 3.35. The van der Waals surface area contributed by atoms with E-state index in [-0.39, 0.29) is 18.4 Å². The van der Waals surface area contributed by atoms with Crippen molar-refractivity contribution in [1.29, 1.82) is 0 Å². The smallest absolute Gasteiger partial charge is 0.260 e. The highest BCUT2D eigenvalue weighted by molar-refractivity contribution is 5.78. The van der Waals surface area contributed by atoms with Crippen LogP contribution in [-0.2, 0) is 4.79 Å². The van der Waals surface area contributed by atoms with Crippen LogP contribution in [0.5, 0.6) is 5.75 Å². The van der Waals surface area contributed by atoms with Crippen LogP contribution >= 0.6 is 0 Å². The molecule has 5 heteroatoms. The van der Waals surface area contributed by atoms with E-state index in [4.69, 9.17) is 9.72 Å². The third-order valence-corrected chi connectivity index (χ3v) is 4.67. The van der Waals surface area contributed by atoms with Crippen LogP contribution in [0.2, 0.25) is 0 Å². The number of imidazole rings is 1. The van der Waals surface area contributed by atoms with Gasteiger partial charge in [0, 0.05) is 19.0 Å². The van der Waals surface area contributed by atoms with Crippen molar-refractivity contribution in [2.45, 2.75) is 18.8 Å². The van der Waals surface area contributed by atoms with Gasteiger partial charge in [0.2, 0.25) is 0 Å². The molecule has 0 radical (unpaired) electrons. The van der Waals surface area contributed by atoms with E-state index < -0.39 is 0 Å². The van der Waals surface area contributed by atoms with Gasteiger partial charge in [0.25, 0.3) is 5.91 Å². The average molecular weight is 335 g/mol. The van der Waals surface area contributed by atoms with Crippen molar-refractivity contribution in [3.63, 3.8) is 0 Å². The van der Waals surface area contributed by atoms with Crippen molar-refractivity contribution in [2.75, 3.05) is 19.7 Å².